The van der Waals surface area contributed by atoms with Crippen LogP contribution in [-0.2, 0) is 6.42 Å². The second-order valence-corrected chi connectivity index (χ2v) is 5.24. The lowest BCUT2D eigenvalue weighted by Gasteiger charge is -2.22. The van der Waals surface area contributed by atoms with Gasteiger partial charge in [-0.15, -0.1) is 0 Å². The highest BCUT2D eigenvalue weighted by atomic mass is 16.4. The fourth-order valence-electron chi connectivity index (χ4n) is 2.98. The summed E-state index contributed by atoms with van der Waals surface area (Å²) in [6.07, 6.45) is 4.25. The van der Waals surface area contributed by atoms with E-state index in [1.807, 2.05) is 24.3 Å². The standard InChI is InChI=1S/C15H18N2O2/c18-15(19)17-10-12(8-11-4-3-7-16-9-11)13-5-1-2-6-14(13)17/h1-2,5-6,10-11,16H,3-4,7-9H2,(H,18,19). The Morgan fingerprint density at radius 2 is 2.26 bits per heavy atom. The van der Waals surface area contributed by atoms with Crippen LogP contribution in [-0.4, -0.2) is 28.9 Å². The first kappa shape index (κ1) is 12.2. The van der Waals surface area contributed by atoms with Gasteiger partial charge >= 0.3 is 6.09 Å². The molecule has 1 aromatic heterocycles. The van der Waals surface area contributed by atoms with Crippen molar-refractivity contribution < 1.29 is 9.90 Å². The first-order chi connectivity index (χ1) is 9.25. The average Bonchev–Trinajstić information content (AvgIpc) is 2.79. The number of fused-ring (bicyclic) bond motifs is 1. The number of para-hydroxylation sites is 1. The molecule has 1 atom stereocenters. The lowest BCUT2D eigenvalue weighted by molar-refractivity contribution is 0.197. The number of piperidine rings is 1. The highest BCUT2D eigenvalue weighted by Gasteiger charge is 2.18. The Balaban J connectivity index is 1.96. The van der Waals surface area contributed by atoms with E-state index in [-0.39, 0.29) is 0 Å². The summed E-state index contributed by atoms with van der Waals surface area (Å²) in [7, 11) is 0. The van der Waals surface area contributed by atoms with E-state index in [2.05, 4.69) is 5.32 Å². The van der Waals surface area contributed by atoms with Crippen molar-refractivity contribution in [3.63, 3.8) is 0 Å². The fraction of sp³-hybridized carbons (Fsp3) is 0.400. The van der Waals surface area contributed by atoms with E-state index < -0.39 is 6.09 Å². The van der Waals surface area contributed by atoms with Crippen molar-refractivity contribution in [1.29, 1.82) is 0 Å². The molecule has 1 fully saturated rings. The molecular weight excluding hydrogens is 240 g/mol. The molecule has 0 bridgehead atoms. The Labute approximate surface area is 112 Å². The molecule has 0 aliphatic carbocycles. The Hall–Kier alpha value is -1.81. The topological polar surface area (TPSA) is 54.3 Å². The zero-order valence-electron chi connectivity index (χ0n) is 10.8. The minimum absolute atomic E-state index is 0.613. The van der Waals surface area contributed by atoms with Crippen molar-refractivity contribution in [3.8, 4) is 0 Å². The molecule has 4 nitrogen and oxygen atoms in total. The smallest absolute Gasteiger partial charge is 0.416 e. The van der Waals surface area contributed by atoms with Gasteiger partial charge in [0.25, 0.3) is 0 Å². The summed E-state index contributed by atoms with van der Waals surface area (Å²) in [5.41, 5.74) is 1.93. The predicted molar refractivity (Wildman–Crippen MR) is 74.7 cm³/mol. The molecule has 4 heteroatoms. The van der Waals surface area contributed by atoms with Crippen LogP contribution in [0.4, 0.5) is 4.79 Å². The molecule has 0 amide bonds. The van der Waals surface area contributed by atoms with E-state index in [4.69, 9.17) is 0 Å². The summed E-state index contributed by atoms with van der Waals surface area (Å²) < 4.78 is 1.33. The summed E-state index contributed by atoms with van der Waals surface area (Å²) in [6, 6.07) is 7.73. The van der Waals surface area contributed by atoms with Crippen LogP contribution in [0.3, 0.4) is 0 Å². The predicted octanol–water partition coefficient (Wildman–Crippen LogP) is 2.71. The Kier molecular flexibility index (Phi) is 3.25. The van der Waals surface area contributed by atoms with Crippen molar-refractivity contribution in [3.05, 3.63) is 36.0 Å². The molecule has 2 heterocycles. The first-order valence-electron chi connectivity index (χ1n) is 6.78. The van der Waals surface area contributed by atoms with Gasteiger partial charge in [0.05, 0.1) is 5.52 Å². The summed E-state index contributed by atoms with van der Waals surface area (Å²) >= 11 is 0. The van der Waals surface area contributed by atoms with Crippen LogP contribution in [0.15, 0.2) is 30.5 Å². The number of hydrogen-bond acceptors (Lipinski definition) is 2. The lowest BCUT2D eigenvalue weighted by Crippen LogP contribution is -2.30. The SMILES string of the molecule is O=C(O)n1cc(CC2CCCNC2)c2ccccc21. The normalized spacial score (nSPS) is 19.7. The molecule has 1 aliphatic rings. The number of rotatable bonds is 2. The Bertz CT molecular complexity index is 597. The summed E-state index contributed by atoms with van der Waals surface area (Å²) in [4.78, 5) is 11.3. The van der Waals surface area contributed by atoms with Crippen LogP contribution in [0, 0.1) is 5.92 Å². The van der Waals surface area contributed by atoms with E-state index in [9.17, 15) is 9.90 Å². The van der Waals surface area contributed by atoms with Crippen molar-refractivity contribution >= 4 is 17.0 Å². The lowest BCUT2D eigenvalue weighted by atomic mass is 9.92. The first-order valence-corrected chi connectivity index (χ1v) is 6.78. The number of nitrogens with one attached hydrogen (secondary N) is 1. The van der Waals surface area contributed by atoms with Crippen LogP contribution in [0.1, 0.15) is 18.4 Å². The molecule has 0 saturated carbocycles. The van der Waals surface area contributed by atoms with Crippen molar-refractivity contribution in [2.24, 2.45) is 5.92 Å². The molecule has 100 valence electrons. The maximum Gasteiger partial charge on any atom is 0.416 e. The summed E-state index contributed by atoms with van der Waals surface area (Å²) in [6.45, 7) is 2.14. The van der Waals surface area contributed by atoms with Crippen LogP contribution < -0.4 is 5.32 Å². The van der Waals surface area contributed by atoms with Gasteiger partial charge in [-0.05, 0) is 49.9 Å². The second kappa shape index (κ2) is 5.05. The third-order valence-corrected chi connectivity index (χ3v) is 3.91. The molecule has 19 heavy (non-hydrogen) atoms. The minimum Gasteiger partial charge on any atom is -0.464 e. The van der Waals surface area contributed by atoms with E-state index >= 15 is 0 Å². The van der Waals surface area contributed by atoms with Gasteiger partial charge < -0.3 is 10.4 Å². The Morgan fingerprint density at radius 3 is 3.00 bits per heavy atom. The van der Waals surface area contributed by atoms with Crippen LogP contribution in [0.2, 0.25) is 0 Å². The third-order valence-electron chi connectivity index (χ3n) is 3.91. The number of aromatic nitrogens is 1. The third kappa shape index (κ3) is 2.36. The molecule has 3 rings (SSSR count). The van der Waals surface area contributed by atoms with Crippen LogP contribution in [0.25, 0.3) is 10.9 Å². The highest BCUT2D eigenvalue weighted by molar-refractivity contribution is 5.91. The summed E-state index contributed by atoms with van der Waals surface area (Å²) in [5, 5.41) is 13.7. The van der Waals surface area contributed by atoms with Gasteiger partial charge in [-0.2, -0.15) is 0 Å². The Morgan fingerprint density at radius 1 is 1.42 bits per heavy atom. The van der Waals surface area contributed by atoms with Crippen LogP contribution >= 0.6 is 0 Å². The van der Waals surface area contributed by atoms with Gasteiger partial charge in [0.15, 0.2) is 0 Å². The second-order valence-electron chi connectivity index (χ2n) is 5.24. The van der Waals surface area contributed by atoms with E-state index in [1.54, 1.807) is 6.20 Å². The van der Waals surface area contributed by atoms with Crippen molar-refractivity contribution in [2.75, 3.05) is 13.1 Å². The molecular formula is C15H18N2O2. The number of carboxylic acid groups (broad SMARTS) is 1. The van der Waals surface area contributed by atoms with Gasteiger partial charge in [-0.25, -0.2) is 4.79 Å². The van der Waals surface area contributed by atoms with E-state index in [0.29, 0.717) is 5.92 Å². The number of carbonyl (C=O) groups is 1. The van der Waals surface area contributed by atoms with Gasteiger partial charge in [-0.1, -0.05) is 18.2 Å². The molecule has 0 radical (unpaired) electrons. The molecule has 1 saturated heterocycles. The minimum atomic E-state index is -0.913. The molecule has 2 N–H and O–H groups in total. The number of benzene rings is 1. The van der Waals surface area contributed by atoms with Gasteiger partial charge in [0.1, 0.15) is 0 Å². The maximum atomic E-state index is 11.3. The molecule has 1 unspecified atom stereocenters. The zero-order chi connectivity index (χ0) is 13.2. The largest absolute Gasteiger partial charge is 0.464 e. The van der Waals surface area contributed by atoms with E-state index in [1.165, 1.54) is 17.4 Å². The van der Waals surface area contributed by atoms with E-state index in [0.717, 1.165) is 36.0 Å². The zero-order valence-corrected chi connectivity index (χ0v) is 10.8. The van der Waals surface area contributed by atoms with Gasteiger partial charge in [-0.3, -0.25) is 4.57 Å². The monoisotopic (exact) mass is 258 g/mol. The maximum absolute atomic E-state index is 11.3. The molecule has 1 aliphatic heterocycles. The summed E-state index contributed by atoms with van der Waals surface area (Å²) in [5.74, 6) is 0.613. The van der Waals surface area contributed by atoms with Crippen molar-refractivity contribution in [1.82, 2.24) is 9.88 Å². The average molecular weight is 258 g/mol. The molecule has 2 aromatic rings. The number of hydrogen-bond donors (Lipinski definition) is 2. The highest BCUT2D eigenvalue weighted by Crippen LogP contribution is 2.25. The molecule has 1 aromatic carbocycles. The molecule has 0 spiro atoms. The number of nitrogens with zero attached hydrogens (tertiary/aromatic N) is 1. The van der Waals surface area contributed by atoms with Crippen LogP contribution in [0.5, 0.6) is 0 Å². The fourth-order valence-corrected chi connectivity index (χ4v) is 2.98. The van der Waals surface area contributed by atoms with Crippen molar-refractivity contribution in [2.45, 2.75) is 19.3 Å². The quantitative estimate of drug-likeness (QED) is 0.870. The van der Waals surface area contributed by atoms with Gasteiger partial charge in [0.2, 0.25) is 0 Å². The van der Waals surface area contributed by atoms with Gasteiger partial charge in [0, 0.05) is 11.6 Å².